The standard InChI is InChI=1S/C17H29N7/c1-18-16(22-15-5-2-3-6-15)19-9-10-23-11-13-24(14-12-23)17-20-7-4-8-21-17/h4,7-8,15H,2-3,5-6,9-14H2,1H3,(H2,18,19,22). The van der Waals surface area contributed by atoms with E-state index in [-0.39, 0.29) is 0 Å². The fourth-order valence-electron chi connectivity index (χ4n) is 3.42. The van der Waals surface area contributed by atoms with Gasteiger partial charge in [0.15, 0.2) is 5.96 Å². The zero-order chi connectivity index (χ0) is 16.6. The molecule has 0 amide bonds. The minimum Gasteiger partial charge on any atom is -0.355 e. The second-order valence-corrected chi connectivity index (χ2v) is 6.50. The Balaban J connectivity index is 1.34. The van der Waals surface area contributed by atoms with Gasteiger partial charge < -0.3 is 15.5 Å². The lowest BCUT2D eigenvalue weighted by Gasteiger charge is -2.34. The Kier molecular flexibility index (Phi) is 6.23. The lowest BCUT2D eigenvalue weighted by molar-refractivity contribution is 0.260. The molecule has 7 heteroatoms. The van der Waals surface area contributed by atoms with E-state index in [4.69, 9.17) is 0 Å². The predicted molar refractivity (Wildman–Crippen MR) is 97.4 cm³/mol. The third-order valence-corrected chi connectivity index (χ3v) is 4.85. The van der Waals surface area contributed by atoms with Gasteiger partial charge in [-0.2, -0.15) is 0 Å². The van der Waals surface area contributed by atoms with Crippen LogP contribution in [-0.2, 0) is 0 Å². The summed E-state index contributed by atoms with van der Waals surface area (Å²) in [6.45, 7) is 6.03. The van der Waals surface area contributed by atoms with Gasteiger partial charge in [-0.15, -0.1) is 0 Å². The molecular formula is C17H29N7. The van der Waals surface area contributed by atoms with Gasteiger partial charge >= 0.3 is 0 Å². The third kappa shape index (κ3) is 4.80. The summed E-state index contributed by atoms with van der Waals surface area (Å²) < 4.78 is 0. The van der Waals surface area contributed by atoms with Gasteiger partial charge in [-0.25, -0.2) is 9.97 Å². The fourth-order valence-corrected chi connectivity index (χ4v) is 3.42. The molecule has 24 heavy (non-hydrogen) atoms. The van der Waals surface area contributed by atoms with Gasteiger partial charge in [0.1, 0.15) is 0 Å². The molecule has 0 bridgehead atoms. The maximum Gasteiger partial charge on any atom is 0.225 e. The molecule has 1 aliphatic heterocycles. The number of anilines is 1. The van der Waals surface area contributed by atoms with Crippen LogP contribution in [0.5, 0.6) is 0 Å². The summed E-state index contributed by atoms with van der Waals surface area (Å²) in [7, 11) is 1.85. The highest BCUT2D eigenvalue weighted by Gasteiger charge is 2.19. The average Bonchev–Trinajstić information content (AvgIpc) is 3.15. The number of aromatic nitrogens is 2. The van der Waals surface area contributed by atoms with Crippen molar-refractivity contribution < 1.29 is 0 Å². The lowest BCUT2D eigenvalue weighted by atomic mass is 10.2. The molecular weight excluding hydrogens is 302 g/mol. The molecule has 2 fully saturated rings. The minimum atomic E-state index is 0.602. The Morgan fingerprint density at radius 2 is 1.88 bits per heavy atom. The summed E-state index contributed by atoms with van der Waals surface area (Å²) in [6.07, 6.45) is 8.83. The third-order valence-electron chi connectivity index (χ3n) is 4.85. The SMILES string of the molecule is CN=C(NCCN1CCN(c2ncccn2)CC1)NC1CCCC1. The van der Waals surface area contributed by atoms with Gasteiger partial charge in [-0.1, -0.05) is 12.8 Å². The summed E-state index contributed by atoms with van der Waals surface area (Å²) in [4.78, 5) is 17.7. The molecule has 0 radical (unpaired) electrons. The van der Waals surface area contributed by atoms with E-state index >= 15 is 0 Å². The van der Waals surface area contributed by atoms with Crippen LogP contribution in [0.15, 0.2) is 23.5 Å². The molecule has 0 aromatic carbocycles. The smallest absolute Gasteiger partial charge is 0.225 e. The molecule has 3 rings (SSSR count). The molecule has 0 unspecified atom stereocenters. The number of nitrogens with one attached hydrogen (secondary N) is 2. The van der Waals surface area contributed by atoms with Crippen molar-refractivity contribution in [1.29, 1.82) is 0 Å². The van der Waals surface area contributed by atoms with Crippen LogP contribution in [0.3, 0.4) is 0 Å². The minimum absolute atomic E-state index is 0.602. The maximum atomic E-state index is 4.34. The molecule has 1 aliphatic carbocycles. The van der Waals surface area contributed by atoms with E-state index in [1.54, 1.807) is 0 Å². The Morgan fingerprint density at radius 3 is 2.54 bits per heavy atom. The van der Waals surface area contributed by atoms with Gasteiger partial charge in [0.25, 0.3) is 0 Å². The number of rotatable bonds is 5. The second-order valence-electron chi connectivity index (χ2n) is 6.50. The number of hydrogen-bond donors (Lipinski definition) is 2. The number of nitrogens with zero attached hydrogens (tertiary/aromatic N) is 5. The molecule has 1 saturated carbocycles. The van der Waals surface area contributed by atoms with E-state index in [0.29, 0.717) is 6.04 Å². The predicted octanol–water partition coefficient (Wildman–Crippen LogP) is 0.706. The summed E-state index contributed by atoms with van der Waals surface area (Å²) in [5.41, 5.74) is 0. The van der Waals surface area contributed by atoms with E-state index in [0.717, 1.165) is 51.2 Å². The summed E-state index contributed by atoms with van der Waals surface area (Å²) >= 11 is 0. The molecule has 0 spiro atoms. The highest BCUT2D eigenvalue weighted by Crippen LogP contribution is 2.17. The first-order chi connectivity index (χ1) is 11.8. The molecule has 2 aliphatic rings. The zero-order valence-electron chi connectivity index (χ0n) is 14.6. The van der Waals surface area contributed by atoms with Crippen LogP contribution in [0.2, 0.25) is 0 Å². The Labute approximate surface area is 144 Å². The molecule has 2 heterocycles. The first kappa shape index (κ1) is 17.0. The van der Waals surface area contributed by atoms with Crippen LogP contribution in [0.4, 0.5) is 5.95 Å². The van der Waals surface area contributed by atoms with Crippen LogP contribution < -0.4 is 15.5 Å². The van der Waals surface area contributed by atoms with Gasteiger partial charge in [-0.3, -0.25) is 9.89 Å². The number of piperazine rings is 1. The first-order valence-electron chi connectivity index (χ1n) is 9.06. The molecule has 7 nitrogen and oxygen atoms in total. The van der Waals surface area contributed by atoms with Crippen LogP contribution in [0.25, 0.3) is 0 Å². The van der Waals surface area contributed by atoms with Crippen molar-refractivity contribution >= 4 is 11.9 Å². The second kappa shape index (κ2) is 8.82. The maximum absolute atomic E-state index is 4.34. The van der Waals surface area contributed by atoms with Crippen molar-refractivity contribution in [2.24, 2.45) is 4.99 Å². The fraction of sp³-hybridized carbons (Fsp3) is 0.706. The molecule has 132 valence electrons. The number of hydrogen-bond acceptors (Lipinski definition) is 5. The largest absolute Gasteiger partial charge is 0.355 e. The van der Waals surface area contributed by atoms with E-state index in [1.807, 2.05) is 25.5 Å². The molecule has 1 saturated heterocycles. The van der Waals surface area contributed by atoms with Gasteiger partial charge in [0.2, 0.25) is 5.95 Å². The van der Waals surface area contributed by atoms with Gasteiger partial charge in [0.05, 0.1) is 0 Å². The van der Waals surface area contributed by atoms with Gasteiger partial charge in [-0.05, 0) is 18.9 Å². The van der Waals surface area contributed by atoms with Crippen molar-refractivity contribution in [1.82, 2.24) is 25.5 Å². The van der Waals surface area contributed by atoms with E-state index < -0.39 is 0 Å². The van der Waals surface area contributed by atoms with Crippen molar-refractivity contribution in [3.8, 4) is 0 Å². The lowest BCUT2D eigenvalue weighted by Crippen LogP contribution is -2.50. The van der Waals surface area contributed by atoms with Crippen LogP contribution >= 0.6 is 0 Å². The van der Waals surface area contributed by atoms with E-state index in [9.17, 15) is 0 Å². The van der Waals surface area contributed by atoms with E-state index in [2.05, 4.69) is 35.4 Å². The molecule has 1 aromatic rings. The quantitative estimate of drug-likeness (QED) is 0.612. The first-order valence-corrected chi connectivity index (χ1v) is 9.06. The van der Waals surface area contributed by atoms with Crippen molar-refractivity contribution in [3.63, 3.8) is 0 Å². The van der Waals surface area contributed by atoms with Crippen molar-refractivity contribution in [2.45, 2.75) is 31.7 Å². The Bertz CT molecular complexity index is 505. The van der Waals surface area contributed by atoms with Crippen LogP contribution in [0, 0.1) is 0 Å². The van der Waals surface area contributed by atoms with Crippen LogP contribution in [0.1, 0.15) is 25.7 Å². The zero-order valence-corrected chi connectivity index (χ0v) is 14.6. The van der Waals surface area contributed by atoms with Crippen molar-refractivity contribution in [3.05, 3.63) is 18.5 Å². The highest BCUT2D eigenvalue weighted by molar-refractivity contribution is 5.79. The Hall–Kier alpha value is -1.89. The average molecular weight is 331 g/mol. The normalized spacial score (nSPS) is 20.4. The monoisotopic (exact) mass is 331 g/mol. The summed E-state index contributed by atoms with van der Waals surface area (Å²) in [5.74, 6) is 1.79. The van der Waals surface area contributed by atoms with Gasteiger partial charge in [0, 0.05) is 64.8 Å². The Morgan fingerprint density at radius 1 is 1.17 bits per heavy atom. The molecule has 1 aromatic heterocycles. The molecule has 0 atom stereocenters. The number of guanidine groups is 1. The van der Waals surface area contributed by atoms with Crippen LogP contribution in [-0.4, -0.2) is 73.2 Å². The number of aliphatic imine (C=N–C) groups is 1. The van der Waals surface area contributed by atoms with E-state index in [1.165, 1.54) is 25.7 Å². The highest BCUT2D eigenvalue weighted by atomic mass is 15.3. The van der Waals surface area contributed by atoms with Crippen molar-refractivity contribution in [2.75, 3.05) is 51.2 Å². The topological polar surface area (TPSA) is 68.7 Å². The summed E-state index contributed by atoms with van der Waals surface area (Å²) in [6, 6.07) is 2.46. The summed E-state index contributed by atoms with van der Waals surface area (Å²) in [5, 5.41) is 6.97. The molecule has 2 N–H and O–H groups in total.